The van der Waals surface area contributed by atoms with Gasteiger partial charge in [-0.3, -0.25) is 9.47 Å². The normalized spacial score (nSPS) is 17.8. The second-order valence-electron chi connectivity index (χ2n) is 10.3. The van der Waals surface area contributed by atoms with Crippen LogP contribution >= 0.6 is 11.3 Å². The van der Waals surface area contributed by atoms with Crippen molar-refractivity contribution in [2.45, 2.75) is 57.7 Å². The first-order valence-electron chi connectivity index (χ1n) is 13.7. The van der Waals surface area contributed by atoms with E-state index in [2.05, 4.69) is 90.5 Å². The molecule has 1 saturated heterocycles. The van der Waals surface area contributed by atoms with Crippen molar-refractivity contribution in [2.24, 2.45) is 0 Å². The lowest BCUT2D eigenvalue weighted by molar-refractivity contribution is 0.189. The van der Waals surface area contributed by atoms with Crippen molar-refractivity contribution in [2.75, 3.05) is 51.2 Å². The van der Waals surface area contributed by atoms with E-state index in [0.717, 1.165) is 62.1 Å². The first-order chi connectivity index (χ1) is 17.8. The molecule has 8 heteroatoms. The van der Waals surface area contributed by atoms with Gasteiger partial charge in [0.25, 0.3) is 0 Å². The molecule has 36 heavy (non-hydrogen) atoms. The van der Waals surface area contributed by atoms with Crippen molar-refractivity contribution in [3.8, 4) is 5.13 Å². The lowest BCUT2D eigenvalue weighted by Gasteiger charge is -2.34. The Kier molecular flexibility index (Phi) is 9.04. The number of aromatic nitrogens is 3. The minimum Gasteiger partial charge on any atom is -0.344 e. The van der Waals surface area contributed by atoms with Crippen molar-refractivity contribution < 1.29 is 0 Å². The molecule has 0 radical (unpaired) electrons. The Balaban J connectivity index is 1.06. The van der Waals surface area contributed by atoms with Gasteiger partial charge < -0.3 is 15.1 Å². The summed E-state index contributed by atoms with van der Waals surface area (Å²) in [5, 5.41) is 14.7. The molecule has 2 aliphatic rings. The molecule has 3 aromatic rings. The highest BCUT2D eigenvalue weighted by atomic mass is 32.1. The van der Waals surface area contributed by atoms with Crippen LogP contribution in [0.25, 0.3) is 5.13 Å². The SMILES string of the molecule is CN(CCCNCc1cccn1-c1nnc(N2CCN(Cc3ccccc3)CC2)s1)C1CCCCC1. The summed E-state index contributed by atoms with van der Waals surface area (Å²) < 4.78 is 2.19. The van der Waals surface area contributed by atoms with Crippen LogP contribution < -0.4 is 10.2 Å². The lowest BCUT2D eigenvalue weighted by Crippen LogP contribution is -2.45. The summed E-state index contributed by atoms with van der Waals surface area (Å²) in [6.45, 7) is 8.19. The minimum absolute atomic E-state index is 0.800. The highest BCUT2D eigenvalue weighted by molar-refractivity contribution is 7.17. The lowest BCUT2D eigenvalue weighted by atomic mass is 9.94. The van der Waals surface area contributed by atoms with Gasteiger partial charge in [-0.05, 0) is 57.1 Å². The molecule has 0 unspecified atom stereocenters. The average molecular weight is 508 g/mol. The van der Waals surface area contributed by atoms with Gasteiger partial charge in [-0.25, -0.2) is 0 Å². The summed E-state index contributed by atoms with van der Waals surface area (Å²) in [7, 11) is 2.30. The van der Waals surface area contributed by atoms with E-state index in [0.29, 0.717) is 0 Å². The highest BCUT2D eigenvalue weighted by Gasteiger charge is 2.21. The zero-order valence-electron chi connectivity index (χ0n) is 21.7. The Bertz CT molecular complexity index is 1040. The zero-order chi connectivity index (χ0) is 24.6. The minimum atomic E-state index is 0.800. The molecule has 2 aromatic heterocycles. The quantitative estimate of drug-likeness (QED) is 0.389. The molecule has 7 nitrogen and oxygen atoms in total. The summed E-state index contributed by atoms with van der Waals surface area (Å²) >= 11 is 1.69. The number of hydrogen-bond donors (Lipinski definition) is 1. The number of nitrogens with one attached hydrogen (secondary N) is 1. The van der Waals surface area contributed by atoms with Crippen LogP contribution in [-0.4, -0.2) is 76.9 Å². The Labute approximate surface area is 220 Å². The van der Waals surface area contributed by atoms with E-state index in [1.54, 1.807) is 11.3 Å². The van der Waals surface area contributed by atoms with E-state index in [1.807, 2.05) is 0 Å². The third kappa shape index (κ3) is 6.73. The predicted octanol–water partition coefficient (Wildman–Crippen LogP) is 4.40. The third-order valence-corrected chi connectivity index (χ3v) is 8.69. The van der Waals surface area contributed by atoms with Crippen molar-refractivity contribution in [3.05, 3.63) is 59.9 Å². The third-order valence-electron chi connectivity index (χ3n) is 7.70. The van der Waals surface area contributed by atoms with Gasteiger partial charge in [-0.2, -0.15) is 0 Å². The van der Waals surface area contributed by atoms with Crippen LogP contribution in [-0.2, 0) is 13.1 Å². The van der Waals surface area contributed by atoms with Crippen LogP contribution in [0, 0.1) is 0 Å². The van der Waals surface area contributed by atoms with Gasteiger partial charge in [-0.1, -0.05) is 60.9 Å². The molecule has 5 rings (SSSR count). The fraction of sp³-hybridized carbons (Fsp3) is 0.571. The molecule has 0 spiro atoms. The zero-order valence-corrected chi connectivity index (χ0v) is 22.5. The molecule has 3 heterocycles. The summed E-state index contributed by atoms with van der Waals surface area (Å²) in [6.07, 6.45) is 10.3. The van der Waals surface area contributed by atoms with Crippen LogP contribution in [0.3, 0.4) is 0 Å². The summed E-state index contributed by atoms with van der Waals surface area (Å²) in [5.74, 6) is 0. The average Bonchev–Trinajstić information content (AvgIpc) is 3.60. The fourth-order valence-corrected chi connectivity index (χ4v) is 6.41. The van der Waals surface area contributed by atoms with Gasteiger partial charge in [0.05, 0.1) is 0 Å². The van der Waals surface area contributed by atoms with Crippen molar-refractivity contribution >= 4 is 16.5 Å². The maximum Gasteiger partial charge on any atom is 0.218 e. The molecule has 1 saturated carbocycles. The van der Waals surface area contributed by atoms with E-state index < -0.39 is 0 Å². The molecule has 194 valence electrons. The number of piperazine rings is 1. The van der Waals surface area contributed by atoms with E-state index in [1.165, 1.54) is 56.3 Å². The number of rotatable bonds is 11. The Morgan fingerprint density at radius 1 is 0.944 bits per heavy atom. The van der Waals surface area contributed by atoms with Crippen LogP contribution in [0.5, 0.6) is 0 Å². The van der Waals surface area contributed by atoms with Gasteiger partial charge >= 0.3 is 0 Å². The van der Waals surface area contributed by atoms with Crippen molar-refractivity contribution in [1.82, 2.24) is 29.9 Å². The smallest absolute Gasteiger partial charge is 0.218 e. The summed E-state index contributed by atoms with van der Waals surface area (Å²) in [5.41, 5.74) is 2.63. The molecule has 1 aliphatic heterocycles. The number of hydrogen-bond acceptors (Lipinski definition) is 7. The molecule has 0 amide bonds. The monoisotopic (exact) mass is 507 g/mol. The van der Waals surface area contributed by atoms with Crippen LogP contribution in [0.1, 0.15) is 49.8 Å². The molecule has 1 N–H and O–H groups in total. The van der Waals surface area contributed by atoms with Gasteiger partial charge in [0.2, 0.25) is 10.3 Å². The standard InChI is InChI=1S/C28H41N7S/c1-32(25-12-6-3-7-13-25)16-9-15-29-22-26-14-8-17-35(26)28-31-30-27(36-28)34-20-18-33(19-21-34)23-24-10-4-2-5-11-24/h2,4-5,8,10-11,14,17,25,29H,3,6-7,9,12-13,15-16,18-23H2,1H3. The largest absolute Gasteiger partial charge is 0.344 e. The van der Waals surface area contributed by atoms with Gasteiger partial charge in [0, 0.05) is 57.2 Å². The van der Waals surface area contributed by atoms with Crippen molar-refractivity contribution in [3.63, 3.8) is 0 Å². The highest BCUT2D eigenvalue weighted by Crippen LogP contribution is 2.26. The summed E-state index contributed by atoms with van der Waals surface area (Å²) in [6, 6.07) is 15.8. The topological polar surface area (TPSA) is 52.5 Å². The fourth-order valence-electron chi connectivity index (χ4n) is 5.49. The van der Waals surface area contributed by atoms with E-state index in [9.17, 15) is 0 Å². The molecular weight excluding hydrogens is 466 g/mol. The Hall–Kier alpha value is -2.26. The first-order valence-corrected chi connectivity index (χ1v) is 14.5. The molecule has 0 bridgehead atoms. The summed E-state index contributed by atoms with van der Waals surface area (Å²) in [4.78, 5) is 7.48. The van der Waals surface area contributed by atoms with Crippen LogP contribution in [0.15, 0.2) is 48.7 Å². The number of benzene rings is 1. The molecular formula is C28H41N7S. The predicted molar refractivity (Wildman–Crippen MR) is 149 cm³/mol. The van der Waals surface area contributed by atoms with Gasteiger partial charge in [0.15, 0.2) is 0 Å². The maximum atomic E-state index is 4.55. The van der Waals surface area contributed by atoms with E-state index >= 15 is 0 Å². The Morgan fingerprint density at radius 3 is 2.53 bits per heavy atom. The molecule has 1 aromatic carbocycles. The second-order valence-corrected chi connectivity index (χ2v) is 11.2. The first kappa shape index (κ1) is 25.4. The molecule has 0 atom stereocenters. The Morgan fingerprint density at radius 2 is 1.72 bits per heavy atom. The number of anilines is 1. The van der Waals surface area contributed by atoms with E-state index in [-0.39, 0.29) is 0 Å². The maximum absolute atomic E-state index is 4.55. The van der Waals surface area contributed by atoms with Crippen molar-refractivity contribution in [1.29, 1.82) is 0 Å². The second kappa shape index (κ2) is 12.8. The van der Waals surface area contributed by atoms with Gasteiger partial charge in [-0.15, -0.1) is 10.2 Å². The van der Waals surface area contributed by atoms with Gasteiger partial charge in [0.1, 0.15) is 0 Å². The molecule has 1 aliphatic carbocycles. The van der Waals surface area contributed by atoms with E-state index in [4.69, 9.17) is 0 Å². The van der Waals surface area contributed by atoms with Crippen LogP contribution in [0.2, 0.25) is 0 Å². The number of nitrogens with zero attached hydrogens (tertiary/aromatic N) is 6. The molecule has 2 fully saturated rings. The van der Waals surface area contributed by atoms with Crippen LogP contribution in [0.4, 0.5) is 5.13 Å².